The normalized spacial score (nSPS) is 13.5. The van der Waals surface area contributed by atoms with Gasteiger partial charge in [0.1, 0.15) is 5.75 Å². The van der Waals surface area contributed by atoms with Gasteiger partial charge in [0.15, 0.2) is 5.78 Å². The Labute approximate surface area is 149 Å². The van der Waals surface area contributed by atoms with Crippen LogP contribution < -0.4 is 15.4 Å². The average Bonchev–Trinajstić information content (AvgIpc) is 2.58. The lowest BCUT2D eigenvalue weighted by Gasteiger charge is -2.14. The number of nitrogens with one attached hydrogen (secondary N) is 2. The Morgan fingerprint density at radius 3 is 2.62 bits per heavy atom. The summed E-state index contributed by atoms with van der Waals surface area (Å²) in [7, 11) is 0. The fraction of sp³-hybridized carbons (Fsp3) is 0.444. The lowest BCUT2D eigenvalue weighted by atomic mass is 10.1. The second-order valence-corrected chi connectivity index (χ2v) is 5.63. The van der Waals surface area contributed by atoms with E-state index in [0.29, 0.717) is 31.6 Å². The minimum Gasteiger partial charge on any atom is -0.494 e. The van der Waals surface area contributed by atoms with Crippen LogP contribution in [-0.4, -0.2) is 37.9 Å². The van der Waals surface area contributed by atoms with Gasteiger partial charge >= 0.3 is 0 Å². The number of hydrogen-bond donors (Lipinski definition) is 2. The molecule has 0 saturated carbocycles. The molecular weight excluding hydrogens is 328 g/mol. The lowest BCUT2D eigenvalue weighted by Crippen LogP contribution is -2.29. The highest BCUT2D eigenvalue weighted by Gasteiger charge is 2.06. The van der Waals surface area contributed by atoms with E-state index in [0.717, 1.165) is 25.3 Å². The molecule has 5 nitrogen and oxygen atoms in total. The van der Waals surface area contributed by atoms with Gasteiger partial charge in [-0.1, -0.05) is 11.6 Å². The molecule has 0 aromatic heterocycles. The van der Waals surface area contributed by atoms with E-state index in [2.05, 4.69) is 16.7 Å². The van der Waals surface area contributed by atoms with Crippen LogP contribution in [0.4, 0.5) is 0 Å². The third-order valence-electron chi connectivity index (χ3n) is 3.75. The average molecular weight is 353 g/mol. The quantitative estimate of drug-likeness (QED) is 0.428. The van der Waals surface area contributed by atoms with Gasteiger partial charge in [-0.2, -0.15) is 0 Å². The maximum Gasteiger partial charge on any atom is 0.220 e. The number of ketones is 1. The summed E-state index contributed by atoms with van der Waals surface area (Å²) < 4.78 is 5.57. The molecule has 1 aliphatic rings. The van der Waals surface area contributed by atoms with Crippen LogP contribution in [0.15, 0.2) is 35.9 Å². The van der Waals surface area contributed by atoms with Gasteiger partial charge in [-0.25, -0.2) is 0 Å². The maximum atomic E-state index is 11.8. The maximum absolute atomic E-state index is 11.8. The number of hydrogen-bond acceptors (Lipinski definition) is 4. The number of carbonyl (C=O) groups is 2. The molecule has 1 aromatic carbocycles. The Kier molecular flexibility index (Phi) is 9.12. The molecule has 0 saturated heterocycles. The van der Waals surface area contributed by atoms with Crippen LogP contribution in [0.1, 0.15) is 36.5 Å². The van der Waals surface area contributed by atoms with Gasteiger partial charge in [0, 0.05) is 25.1 Å². The van der Waals surface area contributed by atoms with Crippen LogP contribution in [0.5, 0.6) is 5.75 Å². The van der Waals surface area contributed by atoms with Crippen LogP contribution >= 0.6 is 12.4 Å². The van der Waals surface area contributed by atoms with Crippen molar-refractivity contribution in [1.29, 1.82) is 0 Å². The number of carbonyl (C=O) groups excluding carboxylic acids is 2. The van der Waals surface area contributed by atoms with Crippen molar-refractivity contribution in [2.75, 3.05) is 26.2 Å². The molecule has 24 heavy (non-hydrogen) atoms. The summed E-state index contributed by atoms with van der Waals surface area (Å²) in [5.41, 5.74) is 1.96. The first-order valence-corrected chi connectivity index (χ1v) is 8.04. The molecule has 1 heterocycles. The summed E-state index contributed by atoms with van der Waals surface area (Å²) in [4.78, 5) is 22.9. The molecule has 0 spiro atoms. The lowest BCUT2D eigenvalue weighted by molar-refractivity contribution is -0.121. The molecule has 2 rings (SSSR count). The van der Waals surface area contributed by atoms with Crippen molar-refractivity contribution in [3.63, 3.8) is 0 Å². The zero-order valence-electron chi connectivity index (χ0n) is 14.0. The van der Waals surface area contributed by atoms with Gasteiger partial charge in [-0.05, 0) is 50.6 Å². The van der Waals surface area contributed by atoms with E-state index in [1.165, 1.54) is 12.5 Å². The molecule has 2 N–H and O–H groups in total. The van der Waals surface area contributed by atoms with Gasteiger partial charge in [0.2, 0.25) is 5.91 Å². The molecule has 132 valence electrons. The van der Waals surface area contributed by atoms with Crippen molar-refractivity contribution in [2.24, 2.45) is 0 Å². The molecule has 0 radical (unpaired) electrons. The number of Topliss-reactive ketones (excluding diaryl/α,β-unsaturated/α-hetero) is 1. The number of ether oxygens (including phenoxy) is 1. The first-order valence-electron chi connectivity index (χ1n) is 8.04. The van der Waals surface area contributed by atoms with Gasteiger partial charge in [-0.15, -0.1) is 12.4 Å². The van der Waals surface area contributed by atoms with Gasteiger partial charge in [0.05, 0.1) is 6.61 Å². The highest BCUT2D eigenvalue weighted by atomic mass is 35.5. The van der Waals surface area contributed by atoms with Crippen LogP contribution in [0, 0.1) is 0 Å². The Morgan fingerprint density at radius 1 is 1.25 bits per heavy atom. The van der Waals surface area contributed by atoms with Crippen LogP contribution in [-0.2, 0) is 4.79 Å². The number of rotatable bonds is 8. The third kappa shape index (κ3) is 7.15. The van der Waals surface area contributed by atoms with Crippen LogP contribution in [0.3, 0.4) is 0 Å². The second-order valence-electron chi connectivity index (χ2n) is 5.63. The first-order chi connectivity index (χ1) is 11.1. The molecular formula is C18H25ClN2O3. The first kappa shape index (κ1) is 20.2. The van der Waals surface area contributed by atoms with Gasteiger partial charge < -0.3 is 15.4 Å². The van der Waals surface area contributed by atoms with E-state index in [1.807, 2.05) is 0 Å². The van der Waals surface area contributed by atoms with E-state index in [1.54, 1.807) is 24.3 Å². The minimum atomic E-state index is 0. The molecule has 6 heteroatoms. The second kappa shape index (κ2) is 10.8. The zero-order chi connectivity index (χ0) is 16.5. The largest absolute Gasteiger partial charge is 0.494 e. The fourth-order valence-corrected chi connectivity index (χ4v) is 2.34. The summed E-state index contributed by atoms with van der Waals surface area (Å²) >= 11 is 0. The highest BCUT2D eigenvalue weighted by Crippen LogP contribution is 2.13. The van der Waals surface area contributed by atoms with Crippen molar-refractivity contribution < 1.29 is 14.3 Å². The minimum absolute atomic E-state index is 0. The Hall–Kier alpha value is -1.85. The molecule has 1 amide bonds. The van der Waals surface area contributed by atoms with E-state index < -0.39 is 0 Å². The molecule has 0 bridgehead atoms. The standard InChI is InChI=1S/C18H24N2O3.ClH/c1-14(21)16-4-6-17(7-5-16)23-12-2-3-18(22)20-13-15-8-10-19-11-9-15;/h4-8,19H,2-3,9-13H2,1H3,(H,20,22);1H. The van der Waals surface area contributed by atoms with E-state index >= 15 is 0 Å². The molecule has 0 unspecified atom stereocenters. The van der Waals surface area contributed by atoms with Crippen LogP contribution in [0.25, 0.3) is 0 Å². The topological polar surface area (TPSA) is 67.4 Å². The zero-order valence-corrected chi connectivity index (χ0v) is 14.8. The predicted octanol–water partition coefficient (Wildman–Crippen LogP) is 2.51. The van der Waals surface area contributed by atoms with Crippen molar-refractivity contribution in [3.8, 4) is 5.75 Å². The Morgan fingerprint density at radius 2 is 2.00 bits per heavy atom. The summed E-state index contributed by atoms with van der Waals surface area (Å²) in [5.74, 6) is 0.812. The Balaban J connectivity index is 0.00000288. The fourth-order valence-electron chi connectivity index (χ4n) is 2.34. The number of benzene rings is 1. The number of amides is 1. The summed E-state index contributed by atoms with van der Waals surface area (Å²) in [6.45, 7) is 4.54. The summed E-state index contributed by atoms with van der Waals surface area (Å²) in [6, 6.07) is 7.05. The third-order valence-corrected chi connectivity index (χ3v) is 3.75. The van der Waals surface area contributed by atoms with Crippen molar-refractivity contribution in [1.82, 2.24) is 10.6 Å². The van der Waals surface area contributed by atoms with E-state index in [4.69, 9.17) is 4.74 Å². The van der Waals surface area contributed by atoms with Crippen molar-refractivity contribution >= 4 is 24.1 Å². The van der Waals surface area contributed by atoms with E-state index in [9.17, 15) is 9.59 Å². The molecule has 0 fully saturated rings. The highest BCUT2D eigenvalue weighted by molar-refractivity contribution is 5.94. The molecule has 1 aromatic rings. The summed E-state index contributed by atoms with van der Waals surface area (Å²) in [6.07, 6.45) is 4.26. The monoisotopic (exact) mass is 352 g/mol. The van der Waals surface area contributed by atoms with Gasteiger partial charge in [0.25, 0.3) is 0 Å². The van der Waals surface area contributed by atoms with E-state index in [-0.39, 0.29) is 24.1 Å². The molecule has 1 aliphatic heterocycles. The van der Waals surface area contributed by atoms with Crippen molar-refractivity contribution in [3.05, 3.63) is 41.5 Å². The Bertz CT molecular complexity index is 570. The molecule has 0 aliphatic carbocycles. The van der Waals surface area contributed by atoms with Crippen LogP contribution in [0.2, 0.25) is 0 Å². The number of halogens is 1. The molecule has 0 atom stereocenters. The van der Waals surface area contributed by atoms with Gasteiger partial charge in [-0.3, -0.25) is 9.59 Å². The smallest absolute Gasteiger partial charge is 0.220 e. The summed E-state index contributed by atoms with van der Waals surface area (Å²) in [5, 5.41) is 6.19. The predicted molar refractivity (Wildman–Crippen MR) is 97.0 cm³/mol. The SMILES string of the molecule is CC(=O)c1ccc(OCCCC(=O)NCC2=CCNCC2)cc1.Cl. The van der Waals surface area contributed by atoms with Crippen molar-refractivity contribution in [2.45, 2.75) is 26.2 Å².